The fraction of sp³-hybridized carbons (Fsp3) is 0.235. The van der Waals surface area contributed by atoms with Crippen molar-refractivity contribution < 1.29 is 17.9 Å². The third-order valence-electron chi connectivity index (χ3n) is 3.12. The van der Waals surface area contributed by atoms with Gasteiger partial charge in [-0.2, -0.15) is 0 Å². The van der Waals surface area contributed by atoms with Crippen molar-refractivity contribution in [3.8, 4) is 5.75 Å². The molecule has 0 fully saturated rings. The quantitative estimate of drug-likeness (QED) is 0.768. The Morgan fingerprint density at radius 1 is 1.09 bits per heavy atom. The van der Waals surface area contributed by atoms with Crippen LogP contribution in [0.5, 0.6) is 5.75 Å². The van der Waals surface area contributed by atoms with E-state index in [1.54, 1.807) is 18.2 Å². The van der Waals surface area contributed by atoms with Gasteiger partial charge in [0.2, 0.25) is 0 Å². The number of Topliss-reactive ketones (excluding diaryl/α,β-unsaturated/α-hetero) is 1. The first-order chi connectivity index (χ1) is 10.3. The standard InChI is InChI=1S/C17H18O4S/c1-13(18)15-8-9-17(16(10-15)12-22(2,19)20)21-11-14-6-4-3-5-7-14/h3-10H,11-12H2,1-2H3. The minimum absolute atomic E-state index is 0.107. The van der Waals surface area contributed by atoms with Crippen molar-refractivity contribution in [3.63, 3.8) is 0 Å². The SMILES string of the molecule is CC(=O)c1ccc(OCc2ccccc2)c(CS(C)(=O)=O)c1. The topological polar surface area (TPSA) is 60.4 Å². The van der Waals surface area contributed by atoms with Crippen LogP contribution < -0.4 is 4.74 Å². The highest BCUT2D eigenvalue weighted by Gasteiger charge is 2.13. The van der Waals surface area contributed by atoms with Crippen LogP contribution in [0, 0.1) is 0 Å². The Morgan fingerprint density at radius 3 is 2.36 bits per heavy atom. The van der Waals surface area contributed by atoms with Crippen LogP contribution in [0.25, 0.3) is 0 Å². The van der Waals surface area contributed by atoms with E-state index < -0.39 is 9.84 Å². The second kappa shape index (κ2) is 6.75. The van der Waals surface area contributed by atoms with Crippen molar-refractivity contribution in [1.29, 1.82) is 0 Å². The normalized spacial score (nSPS) is 11.2. The van der Waals surface area contributed by atoms with E-state index >= 15 is 0 Å². The van der Waals surface area contributed by atoms with E-state index in [2.05, 4.69) is 0 Å². The van der Waals surface area contributed by atoms with E-state index in [0.717, 1.165) is 11.8 Å². The molecule has 0 atom stereocenters. The van der Waals surface area contributed by atoms with Gasteiger partial charge in [0, 0.05) is 17.4 Å². The van der Waals surface area contributed by atoms with Gasteiger partial charge in [0.15, 0.2) is 15.6 Å². The van der Waals surface area contributed by atoms with E-state index in [4.69, 9.17) is 4.74 Å². The van der Waals surface area contributed by atoms with Crippen molar-refractivity contribution in [1.82, 2.24) is 0 Å². The van der Waals surface area contributed by atoms with Crippen LogP contribution in [-0.2, 0) is 22.2 Å². The molecule has 0 saturated heterocycles. The summed E-state index contributed by atoms with van der Waals surface area (Å²) in [4.78, 5) is 11.5. The molecule has 5 heteroatoms. The van der Waals surface area contributed by atoms with Gasteiger partial charge in [0.1, 0.15) is 12.4 Å². The first-order valence-corrected chi connectivity index (χ1v) is 8.89. The second-order valence-electron chi connectivity index (χ2n) is 5.22. The summed E-state index contributed by atoms with van der Waals surface area (Å²) in [5, 5.41) is 0. The van der Waals surface area contributed by atoms with Crippen LogP contribution in [0.1, 0.15) is 28.4 Å². The van der Waals surface area contributed by atoms with Gasteiger partial charge in [0.05, 0.1) is 5.75 Å². The smallest absolute Gasteiger partial charge is 0.159 e. The first-order valence-electron chi connectivity index (χ1n) is 6.83. The zero-order valence-corrected chi connectivity index (χ0v) is 13.4. The molecule has 0 bridgehead atoms. The highest BCUT2D eigenvalue weighted by Crippen LogP contribution is 2.24. The highest BCUT2D eigenvalue weighted by atomic mass is 32.2. The molecule has 2 aromatic rings. The van der Waals surface area contributed by atoms with Crippen LogP contribution in [-0.4, -0.2) is 20.5 Å². The monoisotopic (exact) mass is 318 g/mol. The Morgan fingerprint density at radius 2 is 1.77 bits per heavy atom. The third kappa shape index (κ3) is 4.70. The van der Waals surface area contributed by atoms with E-state index in [9.17, 15) is 13.2 Å². The van der Waals surface area contributed by atoms with Gasteiger partial charge in [-0.15, -0.1) is 0 Å². The van der Waals surface area contributed by atoms with Crippen molar-refractivity contribution in [2.45, 2.75) is 19.3 Å². The van der Waals surface area contributed by atoms with Gasteiger partial charge in [-0.1, -0.05) is 30.3 Å². The predicted molar refractivity (Wildman–Crippen MR) is 85.8 cm³/mol. The largest absolute Gasteiger partial charge is 0.489 e. The van der Waals surface area contributed by atoms with Crippen molar-refractivity contribution in [2.24, 2.45) is 0 Å². The molecule has 0 aromatic heterocycles. The third-order valence-corrected chi connectivity index (χ3v) is 3.96. The maximum Gasteiger partial charge on any atom is 0.159 e. The summed E-state index contributed by atoms with van der Waals surface area (Å²) >= 11 is 0. The lowest BCUT2D eigenvalue weighted by atomic mass is 10.1. The molecule has 0 aliphatic carbocycles. The Bertz CT molecular complexity index is 765. The minimum atomic E-state index is -3.22. The summed E-state index contributed by atoms with van der Waals surface area (Å²) in [7, 11) is -3.22. The molecule has 2 aromatic carbocycles. The van der Waals surface area contributed by atoms with Crippen LogP contribution in [0.4, 0.5) is 0 Å². The Labute approximate surface area is 130 Å². The molecule has 0 N–H and O–H groups in total. The molecule has 0 spiro atoms. The molecular weight excluding hydrogens is 300 g/mol. The first kappa shape index (κ1) is 16.2. The van der Waals surface area contributed by atoms with Crippen LogP contribution in [0.3, 0.4) is 0 Å². The van der Waals surface area contributed by atoms with Crippen LogP contribution in [0.15, 0.2) is 48.5 Å². The summed E-state index contributed by atoms with van der Waals surface area (Å²) in [6.45, 7) is 1.79. The minimum Gasteiger partial charge on any atom is -0.489 e. The molecule has 2 rings (SSSR count). The lowest BCUT2D eigenvalue weighted by Gasteiger charge is -2.12. The summed E-state index contributed by atoms with van der Waals surface area (Å²) in [5.41, 5.74) is 1.97. The number of sulfone groups is 1. The fourth-order valence-corrected chi connectivity index (χ4v) is 2.86. The summed E-state index contributed by atoms with van der Waals surface area (Å²) in [6.07, 6.45) is 1.16. The molecule has 0 amide bonds. The zero-order chi connectivity index (χ0) is 16.2. The maximum atomic E-state index is 11.6. The molecule has 116 valence electrons. The van der Waals surface area contributed by atoms with E-state index in [1.807, 2.05) is 30.3 Å². The van der Waals surface area contributed by atoms with Gasteiger partial charge >= 0.3 is 0 Å². The second-order valence-corrected chi connectivity index (χ2v) is 7.36. The molecule has 0 aliphatic heterocycles. The van der Waals surface area contributed by atoms with Gasteiger partial charge in [0.25, 0.3) is 0 Å². The molecule has 0 radical (unpaired) electrons. The van der Waals surface area contributed by atoms with E-state index in [1.165, 1.54) is 6.92 Å². The van der Waals surface area contributed by atoms with Crippen molar-refractivity contribution in [3.05, 3.63) is 65.2 Å². The van der Waals surface area contributed by atoms with Crippen LogP contribution in [0.2, 0.25) is 0 Å². The van der Waals surface area contributed by atoms with Crippen molar-refractivity contribution >= 4 is 15.6 Å². The number of benzene rings is 2. The Balaban J connectivity index is 2.27. The number of carbonyl (C=O) groups is 1. The van der Waals surface area contributed by atoms with E-state index in [0.29, 0.717) is 23.5 Å². The molecule has 4 nitrogen and oxygen atoms in total. The number of rotatable bonds is 6. The summed E-state index contributed by atoms with van der Waals surface area (Å²) in [6, 6.07) is 14.5. The van der Waals surface area contributed by atoms with E-state index in [-0.39, 0.29) is 11.5 Å². The molecule has 0 aliphatic rings. The summed E-state index contributed by atoms with van der Waals surface area (Å²) in [5.74, 6) is 0.224. The molecular formula is C17H18O4S. The Hall–Kier alpha value is -2.14. The predicted octanol–water partition coefficient (Wildman–Crippen LogP) is 3.01. The number of carbonyl (C=O) groups excluding carboxylic acids is 1. The average Bonchev–Trinajstić information content (AvgIpc) is 2.45. The number of ketones is 1. The molecule has 22 heavy (non-hydrogen) atoms. The lowest BCUT2D eigenvalue weighted by molar-refractivity contribution is 0.101. The fourth-order valence-electron chi connectivity index (χ4n) is 2.07. The maximum absolute atomic E-state index is 11.6. The van der Waals surface area contributed by atoms with Crippen molar-refractivity contribution in [2.75, 3.05) is 6.26 Å². The number of ether oxygens (including phenoxy) is 1. The van der Waals surface area contributed by atoms with Gasteiger partial charge in [-0.25, -0.2) is 8.42 Å². The van der Waals surface area contributed by atoms with Gasteiger partial charge in [-0.05, 0) is 30.7 Å². The lowest BCUT2D eigenvalue weighted by Crippen LogP contribution is -2.06. The Kier molecular flexibility index (Phi) is 4.98. The number of hydrogen-bond donors (Lipinski definition) is 0. The molecule has 0 heterocycles. The molecule has 0 saturated carbocycles. The average molecular weight is 318 g/mol. The number of hydrogen-bond acceptors (Lipinski definition) is 4. The summed E-state index contributed by atoms with van der Waals surface area (Å²) < 4.78 is 28.9. The van der Waals surface area contributed by atoms with Gasteiger partial charge in [-0.3, -0.25) is 4.79 Å². The van der Waals surface area contributed by atoms with Gasteiger partial charge < -0.3 is 4.74 Å². The van der Waals surface area contributed by atoms with Crippen LogP contribution >= 0.6 is 0 Å². The molecule has 0 unspecified atom stereocenters. The highest BCUT2D eigenvalue weighted by molar-refractivity contribution is 7.89. The zero-order valence-electron chi connectivity index (χ0n) is 12.6.